The topological polar surface area (TPSA) is 99.3 Å². The molecule has 1 unspecified atom stereocenters. The molecule has 0 radical (unpaired) electrons. The predicted octanol–water partition coefficient (Wildman–Crippen LogP) is 2.02. The molecule has 1 atom stereocenters. The van der Waals surface area contributed by atoms with Crippen molar-refractivity contribution < 1.29 is 14.4 Å². The van der Waals surface area contributed by atoms with Crippen LogP contribution >= 0.6 is 0 Å². The minimum atomic E-state index is -0.717. The molecule has 23 heavy (non-hydrogen) atoms. The molecule has 7 heteroatoms. The third-order valence-corrected chi connectivity index (χ3v) is 4.19. The SMILES string of the molecule is O=C(Nc1cccc(C2NC(=O)NC2=O)c1)NC1CCCCC1. The van der Waals surface area contributed by atoms with Gasteiger partial charge in [-0.2, -0.15) is 0 Å². The minimum Gasteiger partial charge on any atom is -0.335 e. The Morgan fingerprint density at radius 1 is 1.13 bits per heavy atom. The van der Waals surface area contributed by atoms with Crippen molar-refractivity contribution in [2.75, 3.05) is 5.32 Å². The first kappa shape index (κ1) is 15.3. The number of carbonyl (C=O) groups is 3. The van der Waals surface area contributed by atoms with E-state index in [-0.39, 0.29) is 18.0 Å². The summed E-state index contributed by atoms with van der Waals surface area (Å²) in [7, 11) is 0. The fraction of sp³-hybridized carbons (Fsp3) is 0.438. The molecule has 4 N–H and O–H groups in total. The maximum atomic E-state index is 12.1. The maximum Gasteiger partial charge on any atom is 0.322 e. The second-order valence-corrected chi connectivity index (χ2v) is 5.95. The lowest BCUT2D eigenvalue weighted by molar-refractivity contribution is -0.120. The number of amides is 5. The summed E-state index contributed by atoms with van der Waals surface area (Å²) in [5, 5.41) is 10.5. The number of imide groups is 1. The van der Waals surface area contributed by atoms with Crippen LogP contribution in [0.15, 0.2) is 24.3 Å². The smallest absolute Gasteiger partial charge is 0.322 e. The van der Waals surface area contributed by atoms with Gasteiger partial charge >= 0.3 is 12.1 Å². The summed E-state index contributed by atoms with van der Waals surface area (Å²) in [6, 6.07) is 5.68. The predicted molar refractivity (Wildman–Crippen MR) is 84.9 cm³/mol. The van der Waals surface area contributed by atoms with Gasteiger partial charge in [0.2, 0.25) is 0 Å². The zero-order valence-corrected chi connectivity index (χ0v) is 12.7. The van der Waals surface area contributed by atoms with E-state index in [1.54, 1.807) is 24.3 Å². The van der Waals surface area contributed by atoms with E-state index in [2.05, 4.69) is 21.3 Å². The van der Waals surface area contributed by atoms with Gasteiger partial charge in [-0.05, 0) is 30.5 Å². The van der Waals surface area contributed by atoms with Gasteiger partial charge in [0, 0.05) is 11.7 Å². The van der Waals surface area contributed by atoms with Crippen LogP contribution in [0.25, 0.3) is 0 Å². The van der Waals surface area contributed by atoms with E-state index < -0.39 is 12.1 Å². The van der Waals surface area contributed by atoms with E-state index >= 15 is 0 Å². The summed E-state index contributed by atoms with van der Waals surface area (Å²) in [5.41, 5.74) is 1.22. The Bertz CT molecular complexity index is 626. The van der Waals surface area contributed by atoms with Crippen molar-refractivity contribution in [3.05, 3.63) is 29.8 Å². The number of nitrogens with one attached hydrogen (secondary N) is 4. The fourth-order valence-electron chi connectivity index (χ4n) is 3.05. The third-order valence-electron chi connectivity index (χ3n) is 4.19. The zero-order chi connectivity index (χ0) is 16.2. The van der Waals surface area contributed by atoms with Crippen LogP contribution in [0.4, 0.5) is 15.3 Å². The van der Waals surface area contributed by atoms with Crippen molar-refractivity contribution in [3.63, 3.8) is 0 Å². The highest BCUT2D eigenvalue weighted by atomic mass is 16.2. The molecular formula is C16H20N4O3. The highest BCUT2D eigenvalue weighted by Gasteiger charge is 2.30. The highest BCUT2D eigenvalue weighted by Crippen LogP contribution is 2.21. The number of hydrogen-bond donors (Lipinski definition) is 4. The first-order valence-electron chi connectivity index (χ1n) is 7.90. The van der Waals surface area contributed by atoms with Gasteiger partial charge in [-0.15, -0.1) is 0 Å². The van der Waals surface area contributed by atoms with E-state index in [1.807, 2.05) is 0 Å². The third kappa shape index (κ3) is 3.80. The normalized spacial score (nSPS) is 21.5. The van der Waals surface area contributed by atoms with Gasteiger partial charge in [0.25, 0.3) is 5.91 Å². The van der Waals surface area contributed by atoms with E-state index in [0.717, 1.165) is 25.7 Å². The average Bonchev–Trinajstić information content (AvgIpc) is 2.87. The second-order valence-electron chi connectivity index (χ2n) is 5.95. The average molecular weight is 316 g/mol. The molecule has 0 bridgehead atoms. The van der Waals surface area contributed by atoms with E-state index in [9.17, 15) is 14.4 Å². The van der Waals surface area contributed by atoms with Crippen LogP contribution in [-0.2, 0) is 4.79 Å². The fourth-order valence-corrected chi connectivity index (χ4v) is 3.05. The quantitative estimate of drug-likeness (QED) is 0.642. The van der Waals surface area contributed by atoms with Crippen LogP contribution in [0.2, 0.25) is 0 Å². The Labute approximate surface area is 134 Å². The van der Waals surface area contributed by atoms with Crippen LogP contribution in [0.1, 0.15) is 43.7 Å². The molecule has 2 fully saturated rings. The first-order valence-corrected chi connectivity index (χ1v) is 7.90. The Morgan fingerprint density at radius 2 is 1.91 bits per heavy atom. The number of rotatable bonds is 3. The highest BCUT2D eigenvalue weighted by molar-refractivity contribution is 6.04. The van der Waals surface area contributed by atoms with Crippen molar-refractivity contribution in [1.29, 1.82) is 0 Å². The van der Waals surface area contributed by atoms with Crippen molar-refractivity contribution >= 4 is 23.7 Å². The van der Waals surface area contributed by atoms with Crippen LogP contribution in [0.3, 0.4) is 0 Å². The molecule has 1 heterocycles. The molecule has 1 aliphatic heterocycles. The Balaban J connectivity index is 1.62. The summed E-state index contributed by atoms with van der Waals surface area (Å²) in [6.45, 7) is 0. The molecule has 0 spiro atoms. The van der Waals surface area contributed by atoms with Gasteiger partial charge in [-0.1, -0.05) is 31.4 Å². The largest absolute Gasteiger partial charge is 0.335 e. The molecule has 7 nitrogen and oxygen atoms in total. The summed E-state index contributed by atoms with van der Waals surface area (Å²) in [4.78, 5) is 34.9. The molecule has 122 valence electrons. The van der Waals surface area contributed by atoms with Gasteiger partial charge in [0.1, 0.15) is 6.04 Å². The van der Waals surface area contributed by atoms with Crippen LogP contribution in [0.5, 0.6) is 0 Å². The molecule has 3 rings (SSSR count). The van der Waals surface area contributed by atoms with Crippen molar-refractivity contribution in [2.45, 2.75) is 44.2 Å². The van der Waals surface area contributed by atoms with Gasteiger partial charge in [0.15, 0.2) is 0 Å². The second kappa shape index (κ2) is 6.68. The monoisotopic (exact) mass is 316 g/mol. The lowest BCUT2D eigenvalue weighted by Gasteiger charge is -2.23. The summed E-state index contributed by atoms with van der Waals surface area (Å²) < 4.78 is 0. The van der Waals surface area contributed by atoms with Crippen LogP contribution in [-0.4, -0.2) is 24.0 Å². The van der Waals surface area contributed by atoms with Gasteiger partial charge < -0.3 is 16.0 Å². The molecule has 2 aliphatic rings. The summed E-state index contributed by atoms with van der Waals surface area (Å²) >= 11 is 0. The van der Waals surface area contributed by atoms with Crippen LogP contribution < -0.4 is 21.3 Å². The van der Waals surface area contributed by atoms with E-state index in [4.69, 9.17) is 0 Å². The van der Waals surface area contributed by atoms with Gasteiger partial charge in [0.05, 0.1) is 0 Å². The van der Waals surface area contributed by atoms with E-state index in [1.165, 1.54) is 6.42 Å². The Morgan fingerprint density at radius 3 is 2.61 bits per heavy atom. The minimum absolute atomic E-state index is 0.229. The molecule has 1 saturated heterocycles. The number of hydrogen-bond acceptors (Lipinski definition) is 3. The molecule has 0 aromatic heterocycles. The molecule has 1 aromatic carbocycles. The standard InChI is InChI=1S/C16H20N4O3/c21-14-13(19-16(23)20-14)10-5-4-8-12(9-10)18-15(22)17-11-6-2-1-3-7-11/h4-5,8-9,11,13H,1-3,6-7H2,(H2,17,18,22)(H2,19,20,21,23). The number of urea groups is 2. The Hall–Kier alpha value is -2.57. The summed E-state index contributed by atoms with van der Waals surface area (Å²) in [5.74, 6) is -0.390. The first-order chi connectivity index (χ1) is 11.1. The molecule has 5 amide bonds. The lowest BCUT2D eigenvalue weighted by atomic mass is 9.96. The van der Waals surface area contributed by atoms with Gasteiger partial charge in [-0.25, -0.2) is 9.59 Å². The Kier molecular flexibility index (Phi) is 4.45. The maximum absolute atomic E-state index is 12.1. The number of anilines is 1. The summed E-state index contributed by atoms with van der Waals surface area (Å²) in [6.07, 6.45) is 5.56. The molecule has 1 aliphatic carbocycles. The van der Waals surface area contributed by atoms with Gasteiger partial charge in [-0.3, -0.25) is 10.1 Å². The molecule has 1 aromatic rings. The lowest BCUT2D eigenvalue weighted by Crippen LogP contribution is -2.39. The number of benzene rings is 1. The van der Waals surface area contributed by atoms with Crippen molar-refractivity contribution in [1.82, 2.24) is 16.0 Å². The van der Waals surface area contributed by atoms with Crippen molar-refractivity contribution in [2.24, 2.45) is 0 Å². The van der Waals surface area contributed by atoms with Crippen molar-refractivity contribution in [3.8, 4) is 0 Å². The molecule has 1 saturated carbocycles. The zero-order valence-electron chi connectivity index (χ0n) is 12.7. The van der Waals surface area contributed by atoms with E-state index in [0.29, 0.717) is 11.3 Å². The molecular weight excluding hydrogens is 296 g/mol. The van der Waals surface area contributed by atoms with Crippen LogP contribution in [0, 0.1) is 0 Å². The number of carbonyl (C=O) groups excluding carboxylic acids is 3.